The van der Waals surface area contributed by atoms with Crippen molar-refractivity contribution in [3.63, 3.8) is 0 Å². The fourth-order valence-electron chi connectivity index (χ4n) is 3.03. The van der Waals surface area contributed by atoms with Crippen molar-refractivity contribution in [2.45, 2.75) is 32.2 Å². The molecule has 25 heavy (non-hydrogen) atoms. The fraction of sp³-hybridized carbons (Fsp3) is 0.611. The number of piperidine rings is 1. The van der Waals surface area contributed by atoms with Gasteiger partial charge in [0.2, 0.25) is 5.91 Å². The number of thiophene rings is 1. The smallest absolute Gasteiger partial charge is 0.309 e. The molecule has 6 nitrogen and oxygen atoms in total. The van der Waals surface area contributed by atoms with Gasteiger partial charge in [0.1, 0.15) is 0 Å². The topological polar surface area (TPSA) is 66.9 Å². The van der Waals surface area contributed by atoms with Gasteiger partial charge in [-0.1, -0.05) is 0 Å². The fourth-order valence-corrected chi connectivity index (χ4v) is 3.69. The van der Waals surface area contributed by atoms with Crippen molar-refractivity contribution in [2.24, 2.45) is 11.8 Å². The maximum absolute atomic E-state index is 12.2. The molecule has 2 aliphatic rings. The monoisotopic (exact) mass is 364 g/mol. The minimum atomic E-state index is -0.323. The molecule has 0 aromatic carbocycles. The van der Waals surface area contributed by atoms with Crippen molar-refractivity contribution in [1.29, 1.82) is 0 Å². The number of hydrogen-bond acceptors (Lipinski definition) is 5. The van der Waals surface area contributed by atoms with Gasteiger partial charge in [0.05, 0.1) is 5.92 Å². The van der Waals surface area contributed by atoms with E-state index in [0.717, 1.165) is 18.4 Å². The van der Waals surface area contributed by atoms with Gasteiger partial charge in [-0.2, -0.15) is 11.3 Å². The number of ether oxygens (including phenoxy) is 1. The van der Waals surface area contributed by atoms with E-state index in [1.54, 1.807) is 23.3 Å². The Bertz CT molecular complexity index is 619. The summed E-state index contributed by atoms with van der Waals surface area (Å²) in [6.45, 7) is 1.52. The number of nitrogens with zero attached hydrogens (tertiary/aromatic N) is 2. The van der Waals surface area contributed by atoms with Crippen LogP contribution >= 0.6 is 11.3 Å². The molecule has 3 rings (SSSR count). The molecule has 136 valence electrons. The number of carbonyl (C=O) groups excluding carboxylic acids is 3. The summed E-state index contributed by atoms with van der Waals surface area (Å²) in [5, 5.41) is 3.96. The quantitative estimate of drug-likeness (QED) is 0.723. The van der Waals surface area contributed by atoms with Crippen LogP contribution in [0.4, 0.5) is 0 Å². The molecule has 7 heteroatoms. The second-order valence-electron chi connectivity index (χ2n) is 6.86. The van der Waals surface area contributed by atoms with E-state index in [0.29, 0.717) is 32.5 Å². The van der Waals surface area contributed by atoms with Crippen LogP contribution in [0.3, 0.4) is 0 Å². The van der Waals surface area contributed by atoms with E-state index in [2.05, 4.69) is 0 Å². The van der Waals surface area contributed by atoms with Crippen molar-refractivity contribution in [1.82, 2.24) is 9.80 Å². The van der Waals surface area contributed by atoms with Crippen LogP contribution in [-0.4, -0.2) is 54.3 Å². The molecule has 1 saturated heterocycles. The highest BCUT2D eigenvalue weighted by atomic mass is 32.1. The lowest BCUT2D eigenvalue weighted by atomic mass is 9.97. The molecule has 1 saturated carbocycles. The van der Waals surface area contributed by atoms with E-state index in [9.17, 15) is 14.4 Å². The zero-order valence-corrected chi connectivity index (χ0v) is 15.3. The van der Waals surface area contributed by atoms with Crippen molar-refractivity contribution >= 4 is 29.1 Å². The van der Waals surface area contributed by atoms with Crippen LogP contribution in [0.2, 0.25) is 0 Å². The Hall–Kier alpha value is -1.89. The number of carbonyl (C=O) groups is 3. The van der Waals surface area contributed by atoms with Crippen LogP contribution in [0.5, 0.6) is 0 Å². The Labute approximate surface area is 151 Å². The van der Waals surface area contributed by atoms with E-state index in [1.807, 2.05) is 21.7 Å². The molecule has 0 N–H and O–H groups in total. The number of hydrogen-bond donors (Lipinski definition) is 0. The average molecular weight is 364 g/mol. The molecule has 2 amide bonds. The molecular formula is C18H24N2O4S. The third kappa shape index (κ3) is 4.81. The van der Waals surface area contributed by atoms with Crippen LogP contribution < -0.4 is 0 Å². The number of rotatable bonds is 6. The SMILES string of the molecule is CN(Cc1ccsc1)C(=O)COC(=O)C1CCN(C(=O)C2CC2)CC1. The van der Waals surface area contributed by atoms with Crippen LogP contribution in [0.1, 0.15) is 31.2 Å². The maximum Gasteiger partial charge on any atom is 0.309 e. The van der Waals surface area contributed by atoms with Crippen molar-refractivity contribution in [3.05, 3.63) is 22.4 Å². The summed E-state index contributed by atoms with van der Waals surface area (Å²) in [7, 11) is 1.70. The average Bonchev–Trinajstić information content (AvgIpc) is 3.36. The predicted octanol–water partition coefficient (Wildman–Crippen LogP) is 1.90. The van der Waals surface area contributed by atoms with Crippen LogP contribution in [-0.2, 0) is 25.7 Å². The summed E-state index contributed by atoms with van der Waals surface area (Å²) in [4.78, 5) is 39.7. The Kier molecular flexibility index (Phi) is 5.73. The van der Waals surface area contributed by atoms with Crippen molar-refractivity contribution in [3.8, 4) is 0 Å². The standard InChI is InChI=1S/C18H24N2O4S/c1-19(10-13-6-9-25-12-13)16(21)11-24-18(23)15-4-7-20(8-5-15)17(22)14-2-3-14/h6,9,12,14-15H,2-5,7-8,10-11H2,1H3. The first-order chi connectivity index (χ1) is 12.0. The molecule has 1 aliphatic heterocycles. The molecule has 1 aliphatic carbocycles. The lowest BCUT2D eigenvalue weighted by Gasteiger charge is -2.31. The maximum atomic E-state index is 12.2. The van der Waals surface area contributed by atoms with Gasteiger partial charge >= 0.3 is 5.97 Å². The van der Waals surface area contributed by atoms with E-state index in [4.69, 9.17) is 4.74 Å². The van der Waals surface area contributed by atoms with Gasteiger partial charge in [0.25, 0.3) is 5.91 Å². The Morgan fingerprint density at radius 1 is 1.20 bits per heavy atom. The predicted molar refractivity (Wildman–Crippen MR) is 93.8 cm³/mol. The molecule has 0 spiro atoms. The molecule has 0 atom stereocenters. The summed E-state index contributed by atoms with van der Waals surface area (Å²) >= 11 is 1.59. The summed E-state index contributed by atoms with van der Waals surface area (Å²) in [6, 6.07) is 1.97. The van der Waals surface area contributed by atoms with Gasteiger partial charge in [-0.25, -0.2) is 0 Å². The third-order valence-corrected chi connectivity index (χ3v) is 5.56. The second-order valence-corrected chi connectivity index (χ2v) is 7.64. The van der Waals surface area contributed by atoms with E-state index in [1.165, 1.54) is 0 Å². The molecule has 0 radical (unpaired) electrons. The first-order valence-corrected chi connectivity index (χ1v) is 9.69. The summed E-state index contributed by atoms with van der Waals surface area (Å²) in [6.07, 6.45) is 3.25. The highest BCUT2D eigenvalue weighted by Gasteiger charge is 2.36. The second kappa shape index (κ2) is 7.99. The number of likely N-dealkylation sites (N-methyl/N-ethyl adjacent to an activating group) is 1. The highest BCUT2D eigenvalue weighted by Crippen LogP contribution is 2.32. The van der Waals surface area contributed by atoms with Crippen molar-refractivity contribution < 1.29 is 19.1 Å². The Balaban J connectivity index is 1.37. The normalized spacial score (nSPS) is 18.0. The Morgan fingerprint density at radius 3 is 2.52 bits per heavy atom. The van der Waals surface area contributed by atoms with Crippen molar-refractivity contribution in [2.75, 3.05) is 26.7 Å². The number of likely N-dealkylation sites (tertiary alicyclic amines) is 1. The van der Waals surface area contributed by atoms with Crippen LogP contribution in [0.15, 0.2) is 16.8 Å². The summed E-state index contributed by atoms with van der Waals surface area (Å²) in [5.74, 6) is -0.285. The van der Waals surface area contributed by atoms with Crippen LogP contribution in [0.25, 0.3) is 0 Å². The zero-order valence-electron chi connectivity index (χ0n) is 14.5. The van der Waals surface area contributed by atoms with Crippen LogP contribution in [0, 0.1) is 11.8 Å². The van der Waals surface area contributed by atoms with E-state index < -0.39 is 0 Å². The minimum Gasteiger partial charge on any atom is -0.455 e. The number of amides is 2. The minimum absolute atomic E-state index is 0.208. The molecule has 2 heterocycles. The van der Waals surface area contributed by atoms with E-state index in [-0.39, 0.29) is 36.2 Å². The summed E-state index contributed by atoms with van der Waals surface area (Å²) < 4.78 is 5.21. The first kappa shape index (κ1) is 17.9. The highest BCUT2D eigenvalue weighted by molar-refractivity contribution is 7.07. The third-order valence-electron chi connectivity index (χ3n) is 4.83. The van der Waals surface area contributed by atoms with Gasteiger partial charge in [-0.3, -0.25) is 14.4 Å². The Morgan fingerprint density at radius 2 is 1.92 bits per heavy atom. The lowest BCUT2D eigenvalue weighted by Crippen LogP contribution is -2.41. The zero-order chi connectivity index (χ0) is 17.8. The van der Waals surface area contributed by atoms with Gasteiger partial charge in [0.15, 0.2) is 6.61 Å². The first-order valence-electron chi connectivity index (χ1n) is 8.75. The molecule has 0 bridgehead atoms. The lowest BCUT2D eigenvalue weighted by molar-refractivity contribution is -0.157. The largest absolute Gasteiger partial charge is 0.455 e. The van der Waals surface area contributed by atoms with Gasteiger partial charge in [-0.05, 0) is 48.1 Å². The van der Waals surface area contributed by atoms with E-state index >= 15 is 0 Å². The molecule has 2 fully saturated rings. The van der Waals surface area contributed by atoms with Gasteiger partial charge in [0, 0.05) is 32.6 Å². The number of esters is 1. The molecule has 1 aromatic rings. The van der Waals surface area contributed by atoms with Gasteiger partial charge in [-0.15, -0.1) is 0 Å². The summed E-state index contributed by atoms with van der Waals surface area (Å²) in [5.41, 5.74) is 1.07. The molecule has 1 aromatic heterocycles. The van der Waals surface area contributed by atoms with Gasteiger partial charge < -0.3 is 14.5 Å². The molecular weight excluding hydrogens is 340 g/mol. The molecule has 0 unspecified atom stereocenters.